The molecule has 0 saturated heterocycles. The molecule has 2 aromatic carbocycles. The second kappa shape index (κ2) is 3.87. The lowest BCUT2D eigenvalue weighted by molar-refractivity contribution is 0.508. The van der Waals surface area contributed by atoms with E-state index in [-0.39, 0.29) is 5.76 Å². The fourth-order valence-corrected chi connectivity index (χ4v) is 1.89. The van der Waals surface area contributed by atoms with Crippen molar-refractivity contribution in [2.75, 3.05) is 10.4 Å². The van der Waals surface area contributed by atoms with Crippen LogP contribution in [0.3, 0.4) is 0 Å². The Morgan fingerprint density at radius 1 is 0.882 bits per heavy atom. The maximum absolute atomic E-state index is 9.97. The van der Waals surface area contributed by atoms with Gasteiger partial charge in [-0.25, -0.2) is 0 Å². The SMILES string of the molecule is OC1=CN(c2ccccc2)Nc2ccccc21. The predicted molar refractivity (Wildman–Crippen MR) is 69.6 cm³/mol. The number of hydrazine groups is 1. The quantitative estimate of drug-likeness (QED) is 0.779. The lowest BCUT2D eigenvalue weighted by Crippen LogP contribution is -2.27. The van der Waals surface area contributed by atoms with Gasteiger partial charge < -0.3 is 5.11 Å². The first-order chi connectivity index (χ1) is 8.34. The van der Waals surface area contributed by atoms with E-state index < -0.39 is 0 Å². The Morgan fingerprint density at radius 3 is 2.41 bits per heavy atom. The molecule has 0 bridgehead atoms. The van der Waals surface area contributed by atoms with Crippen LogP contribution in [0.4, 0.5) is 11.4 Å². The molecule has 2 N–H and O–H groups in total. The molecule has 0 saturated carbocycles. The highest BCUT2D eigenvalue weighted by atomic mass is 16.3. The normalized spacial score (nSPS) is 13.6. The topological polar surface area (TPSA) is 35.5 Å². The summed E-state index contributed by atoms with van der Waals surface area (Å²) in [4.78, 5) is 0. The number of para-hydroxylation sites is 2. The fourth-order valence-electron chi connectivity index (χ4n) is 1.89. The summed E-state index contributed by atoms with van der Waals surface area (Å²) in [7, 11) is 0. The Balaban J connectivity index is 2.02. The Bertz CT molecular complexity index is 563. The Labute approximate surface area is 99.6 Å². The molecular formula is C14H12N2O. The van der Waals surface area contributed by atoms with Crippen LogP contribution in [-0.2, 0) is 0 Å². The number of nitrogens with one attached hydrogen (secondary N) is 1. The zero-order valence-corrected chi connectivity index (χ0v) is 9.17. The van der Waals surface area contributed by atoms with E-state index in [0.717, 1.165) is 16.9 Å². The van der Waals surface area contributed by atoms with E-state index in [1.165, 1.54) is 0 Å². The summed E-state index contributed by atoms with van der Waals surface area (Å²) >= 11 is 0. The van der Waals surface area contributed by atoms with Crippen LogP contribution < -0.4 is 10.4 Å². The third-order valence-electron chi connectivity index (χ3n) is 2.73. The van der Waals surface area contributed by atoms with Crippen LogP contribution in [0.15, 0.2) is 60.8 Å². The molecule has 1 heterocycles. The van der Waals surface area contributed by atoms with Crippen LogP contribution in [0.5, 0.6) is 0 Å². The predicted octanol–water partition coefficient (Wildman–Crippen LogP) is 3.39. The molecule has 1 aliphatic heterocycles. The number of fused-ring (bicyclic) bond motifs is 1. The van der Waals surface area contributed by atoms with Crippen molar-refractivity contribution in [3.63, 3.8) is 0 Å². The summed E-state index contributed by atoms with van der Waals surface area (Å²) in [5, 5.41) is 11.8. The number of benzene rings is 2. The fraction of sp³-hybridized carbons (Fsp3) is 0. The van der Waals surface area contributed by atoms with Crippen LogP contribution in [0.25, 0.3) is 5.76 Å². The molecule has 0 fully saturated rings. The van der Waals surface area contributed by atoms with Gasteiger partial charge in [-0.2, -0.15) is 0 Å². The maximum Gasteiger partial charge on any atom is 0.143 e. The average Bonchev–Trinajstić information content (AvgIpc) is 2.40. The van der Waals surface area contributed by atoms with Crippen molar-refractivity contribution in [2.45, 2.75) is 0 Å². The van der Waals surface area contributed by atoms with Crippen molar-refractivity contribution in [3.05, 3.63) is 66.4 Å². The monoisotopic (exact) mass is 224 g/mol. The van der Waals surface area contributed by atoms with Gasteiger partial charge in [-0.05, 0) is 24.3 Å². The molecule has 3 nitrogen and oxygen atoms in total. The molecule has 0 atom stereocenters. The van der Waals surface area contributed by atoms with Gasteiger partial charge in [0.1, 0.15) is 5.76 Å². The number of aliphatic hydroxyl groups excluding tert-OH is 1. The van der Waals surface area contributed by atoms with E-state index in [1.54, 1.807) is 11.2 Å². The van der Waals surface area contributed by atoms with Gasteiger partial charge >= 0.3 is 0 Å². The van der Waals surface area contributed by atoms with Crippen LogP contribution >= 0.6 is 0 Å². The van der Waals surface area contributed by atoms with E-state index in [0.29, 0.717) is 0 Å². The van der Waals surface area contributed by atoms with Crippen molar-refractivity contribution >= 4 is 17.1 Å². The minimum Gasteiger partial charge on any atom is -0.506 e. The first kappa shape index (κ1) is 9.78. The molecule has 3 heteroatoms. The van der Waals surface area contributed by atoms with Gasteiger partial charge in [-0.3, -0.25) is 10.4 Å². The average molecular weight is 224 g/mol. The first-order valence-corrected chi connectivity index (χ1v) is 5.46. The standard InChI is InChI=1S/C14H12N2O/c17-14-10-16(11-6-2-1-3-7-11)15-13-9-5-4-8-12(13)14/h1-10,15,17H. The van der Waals surface area contributed by atoms with Crippen molar-refractivity contribution in [3.8, 4) is 0 Å². The van der Waals surface area contributed by atoms with E-state index in [4.69, 9.17) is 0 Å². The first-order valence-electron chi connectivity index (χ1n) is 5.46. The maximum atomic E-state index is 9.97. The van der Waals surface area contributed by atoms with Gasteiger partial charge in [0, 0.05) is 5.56 Å². The zero-order valence-electron chi connectivity index (χ0n) is 9.17. The molecule has 0 unspecified atom stereocenters. The highest BCUT2D eigenvalue weighted by molar-refractivity contribution is 5.79. The Kier molecular flexibility index (Phi) is 2.22. The summed E-state index contributed by atoms with van der Waals surface area (Å²) in [6.07, 6.45) is 1.68. The summed E-state index contributed by atoms with van der Waals surface area (Å²) in [5.74, 6) is 0.267. The van der Waals surface area contributed by atoms with Crippen molar-refractivity contribution < 1.29 is 5.11 Å². The number of nitrogens with zero attached hydrogens (tertiary/aromatic N) is 1. The van der Waals surface area contributed by atoms with Gasteiger partial charge in [-0.15, -0.1) is 0 Å². The number of rotatable bonds is 1. The third kappa shape index (κ3) is 1.72. The van der Waals surface area contributed by atoms with E-state index in [9.17, 15) is 5.11 Å². The smallest absolute Gasteiger partial charge is 0.143 e. The van der Waals surface area contributed by atoms with E-state index >= 15 is 0 Å². The molecule has 2 aromatic rings. The van der Waals surface area contributed by atoms with Crippen molar-refractivity contribution in [2.24, 2.45) is 0 Å². The third-order valence-corrected chi connectivity index (χ3v) is 2.73. The molecule has 0 aromatic heterocycles. The molecule has 3 rings (SSSR count). The van der Waals surface area contributed by atoms with Crippen LogP contribution in [-0.4, -0.2) is 5.11 Å². The lowest BCUT2D eigenvalue weighted by Gasteiger charge is -2.28. The van der Waals surface area contributed by atoms with Gasteiger partial charge in [-0.1, -0.05) is 30.3 Å². The van der Waals surface area contributed by atoms with Crippen molar-refractivity contribution in [1.29, 1.82) is 0 Å². The van der Waals surface area contributed by atoms with E-state index in [1.807, 2.05) is 54.6 Å². The summed E-state index contributed by atoms with van der Waals surface area (Å²) < 4.78 is 0. The molecule has 0 aliphatic carbocycles. The van der Waals surface area contributed by atoms with Crippen molar-refractivity contribution in [1.82, 2.24) is 0 Å². The summed E-state index contributed by atoms with van der Waals surface area (Å²) in [6.45, 7) is 0. The number of aliphatic hydroxyl groups is 1. The van der Waals surface area contributed by atoms with Gasteiger partial charge in [0.15, 0.2) is 0 Å². The Hall–Kier alpha value is -2.42. The van der Waals surface area contributed by atoms with Gasteiger partial charge in [0.25, 0.3) is 0 Å². The molecule has 1 aliphatic rings. The second-order valence-corrected chi connectivity index (χ2v) is 3.88. The van der Waals surface area contributed by atoms with Crippen LogP contribution in [0.1, 0.15) is 5.56 Å². The minimum absolute atomic E-state index is 0.267. The highest BCUT2D eigenvalue weighted by Crippen LogP contribution is 2.29. The van der Waals surface area contributed by atoms with E-state index in [2.05, 4.69) is 5.43 Å². The molecule has 0 spiro atoms. The summed E-state index contributed by atoms with van der Waals surface area (Å²) in [6, 6.07) is 17.5. The largest absolute Gasteiger partial charge is 0.506 e. The van der Waals surface area contributed by atoms with Gasteiger partial charge in [0.05, 0.1) is 17.6 Å². The molecule has 17 heavy (non-hydrogen) atoms. The highest BCUT2D eigenvalue weighted by Gasteiger charge is 2.16. The minimum atomic E-state index is 0.267. The van der Waals surface area contributed by atoms with Crippen LogP contribution in [0, 0.1) is 0 Å². The molecule has 84 valence electrons. The number of anilines is 2. The van der Waals surface area contributed by atoms with Gasteiger partial charge in [0.2, 0.25) is 0 Å². The number of hydrogen-bond donors (Lipinski definition) is 2. The lowest BCUT2D eigenvalue weighted by atomic mass is 10.1. The Morgan fingerprint density at radius 2 is 1.59 bits per heavy atom. The summed E-state index contributed by atoms with van der Waals surface area (Å²) in [5.41, 5.74) is 5.94. The molecular weight excluding hydrogens is 212 g/mol. The molecule has 0 radical (unpaired) electrons. The molecule has 0 amide bonds. The van der Waals surface area contributed by atoms with Crippen LogP contribution in [0.2, 0.25) is 0 Å². The zero-order chi connectivity index (χ0) is 11.7. The number of hydrogen-bond acceptors (Lipinski definition) is 3. The second-order valence-electron chi connectivity index (χ2n) is 3.88.